The van der Waals surface area contributed by atoms with E-state index in [1.807, 2.05) is 49.7 Å². The quantitative estimate of drug-likeness (QED) is 0.638. The lowest BCUT2D eigenvalue weighted by molar-refractivity contribution is 0.0939. The molecule has 0 saturated carbocycles. The smallest absolute Gasteiger partial charge is 0.252 e. The number of hydrogen-bond acceptors (Lipinski definition) is 5. The van der Waals surface area contributed by atoms with E-state index in [1.165, 1.54) is 21.3 Å². The Hall–Kier alpha value is -3.48. The zero-order valence-corrected chi connectivity index (χ0v) is 18.1. The molecule has 0 aliphatic carbocycles. The molecule has 0 spiro atoms. The molecule has 7 heteroatoms. The lowest BCUT2D eigenvalue weighted by atomic mass is 10.1. The Balaban J connectivity index is 1.86. The van der Waals surface area contributed by atoms with Crippen molar-refractivity contribution in [2.75, 3.05) is 21.3 Å². The van der Waals surface area contributed by atoms with Crippen molar-refractivity contribution in [1.29, 1.82) is 0 Å². The van der Waals surface area contributed by atoms with Crippen LogP contribution in [0.2, 0.25) is 0 Å². The fraction of sp³-hybridized carbons (Fsp3) is 0.304. The normalized spacial score (nSPS) is 11.7. The van der Waals surface area contributed by atoms with E-state index in [4.69, 9.17) is 14.2 Å². The maximum Gasteiger partial charge on any atom is 0.252 e. The topological polar surface area (TPSA) is 74.6 Å². The van der Waals surface area contributed by atoms with Gasteiger partial charge in [-0.2, -0.15) is 5.10 Å². The monoisotopic (exact) mass is 409 g/mol. The van der Waals surface area contributed by atoms with Gasteiger partial charge in [-0.1, -0.05) is 18.2 Å². The van der Waals surface area contributed by atoms with E-state index in [0.29, 0.717) is 22.8 Å². The number of benzene rings is 2. The van der Waals surface area contributed by atoms with Gasteiger partial charge >= 0.3 is 0 Å². The van der Waals surface area contributed by atoms with Crippen LogP contribution in [-0.4, -0.2) is 37.0 Å². The van der Waals surface area contributed by atoms with Gasteiger partial charge in [-0.15, -0.1) is 0 Å². The number of nitrogens with one attached hydrogen (secondary N) is 1. The summed E-state index contributed by atoms with van der Waals surface area (Å²) in [7, 11) is 4.56. The minimum Gasteiger partial charge on any atom is -0.493 e. The van der Waals surface area contributed by atoms with Gasteiger partial charge in [0.25, 0.3) is 5.91 Å². The molecule has 7 nitrogen and oxygen atoms in total. The van der Waals surface area contributed by atoms with Gasteiger partial charge in [-0.25, -0.2) is 4.68 Å². The highest BCUT2D eigenvalue weighted by molar-refractivity contribution is 5.95. The molecule has 0 unspecified atom stereocenters. The molecule has 0 saturated heterocycles. The van der Waals surface area contributed by atoms with E-state index < -0.39 is 0 Å². The minimum absolute atomic E-state index is 0.241. The van der Waals surface area contributed by atoms with Crippen LogP contribution in [0.5, 0.6) is 17.2 Å². The lowest BCUT2D eigenvalue weighted by Gasteiger charge is -2.17. The van der Waals surface area contributed by atoms with Crippen LogP contribution in [0.4, 0.5) is 0 Å². The molecule has 2 aromatic carbocycles. The van der Waals surface area contributed by atoms with Crippen LogP contribution in [0, 0.1) is 13.8 Å². The number of aryl methyl sites for hydroxylation is 1. The number of aromatic nitrogens is 2. The highest BCUT2D eigenvalue weighted by Gasteiger charge is 2.21. The van der Waals surface area contributed by atoms with Crippen molar-refractivity contribution in [3.63, 3.8) is 0 Å². The maximum absolute atomic E-state index is 12.9. The Bertz CT molecular complexity index is 1030. The number of carbonyl (C=O) groups is 1. The van der Waals surface area contributed by atoms with Crippen molar-refractivity contribution in [2.24, 2.45) is 0 Å². The molecule has 3 rings (SSSR count). The summed E-state index contributed by atoms with van der Waals surface area (Å²) >= 11 is 0. The number of methoxy groups -OCH3 is 3. The van der Waals surface area contributed by atoms with E-state index in [1.54, 1.807) is 18.3 Å². The van der Waals surface area contributed by atoms with Crippen molar-refractivity contribution in [1.82, 2.24) is 15.1 Å². The number of para-hydroxylation sites is 1. The van der Waals surface area contributed by atoms with Gasteiger partial charge in [0.2, 0.25) is 5.75 Å². The molecule has 0 aliphatic rings. The first-order valence-corrected chi connectivity index (χ1v) is 9.62. The zero-order valence-electron chi connectivity index (χ0n) is 18.1. The van der Waals surface area contributed by atoms with Gasteiger partial charge < -0.3 is 19.5 Å². The molecule has 158 valence electrons. The standard InChI is InChI=1S/C23H27N3O4/c1-14-9-7-8-10-19(14)26-16(3)18(13-24-26)15(2)25-23(27)17-11-20(28-4)22(30-6)21(12-17)29-5/h7-13,15H,1-6H3,(H,25,27)/t15-/m0/s1. The Labute approximate surface area is 176 Å². The Kier molecular flexibility index (Phi) is 6.30. The second-order valence-electron chi connectivity index (χ2n) is 6.99. The third kappa shape index (κ3) is 3.96. The highest BCUT2D eigenvalue weighted by atomic mass is 16.5. The van der Waals surface area contributed by atoms with Crippen LogP contribution in [0.3, 0.4) is 0 Å². The lowest BCUT2D eigenvalue weighted by Crippen LogP contribution is -2.27. The largest absolute Gasteiger partial charge is 0.493 e. The third-order valence-electron chi connectivity index (χ3n) is 5.13. The van der Waals surface area contributed by atoms with Crippen molar-refractivity contribution in [3.05, 3.63) is 65.0 Å². The summed E-state index contributed by atoms with van der Waals surface area (Å²) in [6.45, 7) is 5.98. The average molecular weight is 409 g/mol. The molecule has 1 heterocycles. The van der Waals surface area contributed by atoms with Crippen LogP contribution in [-0.2, 0) is 0 Å². The van der Waals surface area contributed by atoms with Crippen molar-refractivity contribution < 1.29 is 19.0 Å². The van der Waals surface area contributed by atoms with E-state index >= 15 is 0 Å². The maximum atomic E-state index is 12.9. The third-order valence-corrected chi connectivity index (χ3v) is 5.13. The number of carbonyl (C=O) groups excluding carboxylic acids is 1. The van der Waals surface area contributed by atoms with Gasteiger partial charge in [-0.3, -0.25) is 4.79 Å². The van der Waals surface area contributed by atoms with E-state index in [0.717, 1.165) is 22.5 Å². The molecule has 1 atom stereocenters. The fourth-order valence-electron chi connectivity index (χ4n) is 3.46. The molecular formula is C23H27N3O4. The predicted octanol–water partition coefficient (Wildman–Crippen LogP) is 4.01. The first-order chi connectivity index (χ1) is 14.4. The van der Waals surface area contributed by atoms with Crippen LogP contribution in [0.1, 0.15) is 40.1 Å². The van der Waals surface area contributed by atoms with Gasteiger partial charge in [0, 0.05) is 16.8 Å². The van der Waals surface area contributed by atoms with Crippen LogP contribution in [0.25, 0.3) is 5.69 Å². The van der Waals surface area contributed by atoms with Crippen molar-refractivity contribution in [2.45, 2.75) is 26.8 Å². The number of amides is 1. The van der Waals surface area contributed by atoms with Gasteiger partial charge in [0.05, 0.1) is 39.3 Å². The van der Waals surface area contributed by atoms with Crippen LogP contribution in [0.15, 0.2) is 42.6 Å². The molecule has 3 aromatic rings. The Morgan fingerprint density at radius 1 is 1.03 bits per heavy atom. The summed E-state index contributed by atoms with van der Waals surface area (Å²) in [5.41, 5.74) is 4.48. The number of rotatable bonds is 7. The van der Waals surface area contributed by atoms with E-state index in [2.05, 4.69) is 10.4 Å². The van der Waals surface area contributed by atoms with Gasteiger partial charge in [0.1, 0.15) is 0 Å². The summed E-state index contributed by atoms with van der Waals surface area (Å²) in [5.74, 6) is 1.06. The minimum atomic E-state index is -0.246. The molecule has 1 amide bonds. The zero-order chi connectivity index (χ0) is 21.8. The van der Waals surface area contributed by atoms with Crippen molar-refractivity contribution >= 4 is 5.91 Å². The molecule has 0 bridgehead atoms. The number of ether oxygens (including phenoxy) is 3. The first kappa shape index (κ1) is 21.2. The SMILES string of the molecule is COc1cc(C(=O)N[C@@H](C)c2cnn(-c3ccccc3C)c2C)cc(OC)c1OC. The molecular weight excluding hydrogens is 382 g/mol. The second-order valence-corrected chi connectivity index (χ2v) is 6.99. The average Bonchev–Trinajstić information content (AvgIpc) is 3.13. The molecule has 0 radical (unpaired) electrons. The second kappa shape index (κ2) is 8.90. The van der Waals surface area contributed by atoms with Crippen LogP contribution < -0.4 is 19.5 Å². The summed E-state index contributed by atoms with van der Waals surface area (Å²) in [6.07, 6.45) is 1.79. The Morgan fingerprint density at radius 3 is 2.23 bits per heavy atom. The molecule has 1 N–H and O–H groups in total. The van der Waals surface area contributed by atoms with Crippen molar-refractivity contribution in [3.8, 4) is 22.9 Å². The Morgan fingerprint density at radius 2 is 1.67 bits per heavy atom. The van der Waals surface area contributed by atoms with Crippen LogP contribution >= 0.6 is 0 Å². The molecule has 0 fully saturated rings. The first-order valence-electron chi connectivity index (χ1n) is 9.62. The van der Waals surface area contributed by atoms with Gasteiger partial charge in [-0.05, 0) is 44.5 Å². The molecule has 1 aromatic heterocycles. The highest BCUT2D eigenvalue weighted by Crippen LogP contribution is 2.38. The number of nitrogens with zero attached hydrogens (tertiary/aromatic N) is 2. The fourth-order valence-corrected chi connectivity index (χ4v) is 3.46. The predicted molar refractivity (Wildman–Crippen MR) is 115 cm³/mol. The molecule has 30 heavy (non-hydrogen) atoms. The summed E-state index contributed by atoms with van der Waals surface area (Å²) < 4.78 is 17.9. The number of hydrogen-bond donors (Lipinski definition) is 1. The summed E-state index contributed by atoms with van der Waals surface area (Å²) in [6, 6.07) is 11.1. The van der Waals surface area contributed by atoms with Gasteiger partial charge in [0.15, 0.2) is 11.5 Å². The van der Waals surface area contributed by atoms with E-state index in [9.17, 15) is 4.79 Å². The molecule has 0 aliphatic heterocycles. The van der Waals surface area contributed by atoms with E-state index in [-0.39, 0.29) is 11.9 Å². The summed E-state index contributed by atoms with van der Waals surface area (Å²) in [4.78, 5) is 12.9. The summed E-state index contributed by atoms with van der Waals surface area (Å²) in [5, 5.41) is 7.56.